The van der Waals surface area contributed by atoms with Crippen molar-refractivity contribution < 1.29 is 18.8 Å². The van der Waals surface area contributed by atoms with Gasteiger partial charge in [0.05, 0.1) is 5.92 Å². The molecule has 2 rings (SSSR count). The number of hydrogen-bond donors (Lipinski definition) is 1. The van der Waals surface area contributed by atoms with Crippen LogP contribution in [0, 0.1) is 11.7 Å². The molecular weight excluding hydrogens is 249 g/mol. The summed E-state index contributed by atoms with van der Waals surface area (Å²) in [4.78, 5) is 35.6. The third kappa shape index (κ3) is 2.76. The van der Waals surface area contributed by atoms with Gasteiger partial charge in [0, 0.05) is 5.56 Å². The second-order valence-electron chi connectivity index (χ2n) is 4.61. The largest absolute Gasteiger partial charge is 0.301 e. The number of nitrogens with one attached hydrogen (secondary N) is 1. The van der Waals surface area contributed by atoms with Crippen LogP contribution in [0.1, 0.15) is 23.7 Å². The Morgan fingerprint density at radius 1 is 1.26 bits per heavy atom. The highest BCUT2D eigenvalue weighted by molar-refractivity contribution is 6.19. The zero-order chi connectivity index (χ0) is 14.0. The van der Waals surface area contributed by atoms with Crippen LogP contribution in [-0.4, -0.2) is 29.9 Å². The standard InChI is InChI=1S/C14H14FNO3/c1-8(17)11-6-7-16-12(14(11)19)13(18)9-2-4-10(15)5-3-9/h2-5,11-12,16H,6-7H2,1H3. The smallest absolute Gasteiger partial charge is 0.187 e. The summed E-state index contributed by atoms with van der Waals surface area (Å²) in [5.74, 6) is -2.19. The van der Waals surface area contributed by atoms with Gasteiger partial charge in [-0.25, -0.2) is 4.39 Å². The highest BCUT2D eigenvalue weighted by atomic mass is 19.1. The topological polar surface area (TPSA) is 63.2 Å². The lowest BCUT2D eigenvalue weighted by atomic mass is 9.85. The summed E-state index contributed by atoms with van der Waals surface area (Å²) in [7, 11) is 0. The normalized spacial score (nSPS) is 23.2. The summed E-state index contributed by atoms with van der Waals surface area (Å²) < 4.78 is 12.8. The Morgan fingerprint density at radius 3 is 2.47 bits per heavy atom. The van der Waals surface area contributed by atoms with Crippen LogP contribution in [0.2, 0.25) is 0 Å². The van der Waals surface area contributed by atoms with Crippen LogP contribution in [-0.2, 0) is 9.59 Å². The Kier molecular flexibility index (Phi) is 3.85. The third-order valence-corrected chi connectivity index (χ3v) is 3.29. The quantitative estimate of drug-likeness (QED) is 0.656. The fourth-order valence-corrected chi connectivity index (χ4v) is 2.22. The van der Waals surface area contributed by atoms with Crippen molar-refractivity contribution in [2.75, 3.05) is 6.54 Å². The number of hydrogen-bond acceptors (Lipinski definition) is 4. The number of carbonyl (C=O) groups excluding carboxylic acids is 3. The van der Waals surface area contributed by atoms with Gasteiger partial charge in [0.15, 0.2) is 11.6 Å². The SMILES string of the molecule is CC(=O)C1CCNC(C(=O)c2ccc(F)cc2)C1=O. The van der Waals surface area contributed by atoms with Crippen molar-refractivity contribution in [3.05, 3.63) is 35.6 Å². The average molecular weight is 263 g/mol. The maximum Gasteiger partial charge on any atom is 0.187 e. The van der Waals surface area contributed by atoms with E-state index in [4.69, 9.17) is 0 Å². The predicted molar refractivity (Wildman–Crippen MR) is 66.3 cm³/mol. The molecule has 1 N–H and O–H groups in total. The van der Waals surface area contributed by atoms with E-state index in [2.05, 4.69) is 5.32 Å². The van der Waals surface area contributed by atoms with Crippen molar-refractivity contribution in [1.29, 1.82) is 0 Å². The summed E-state index contributed by atoms with van der Waals surface area (Å²) in [5, 5.41) is 2.82. The minimum absolute atomic E-state index is 0.219. The van der Waals surface area contributed by atoms with Gasteiger partial charge in [-0.2, -0.15) is 0 Å². The molecule has 1 aliphatic heterocycles. The molecule has 2 atom stereocenters. The van der Waals surface area contributed by atoms with Gasteiger partial charge in [0.1, 0.15) is 17.6 Å². The molecule has 100 valence electrons. The van der Waals surface area contributed by atoms with E-state index in [0.717, 1.165) is 0 Å². The zero-order valence-electron chi connectivity index (χ0n) is 10.5. The molecule has 0 radical (unpaired) electrons. The lowest BCUT2D eigenvalue weighted by Crippen LogP contribution is -2.52. The van der Waals surface area contributed by atoms with Crippen LogP contribution >= 0.6 is 0 Å². The van der Waals surface area contributed by atoms with Crippen LogP contribution < -0.4 is 5.32 Å². The highest BCUT2D eigenvalue weighted by Crippen LogP contribution is 2.17. The molecule has 0 spiro atoms. The Balaban J connectivity index is 2.21. The van der Waals surface area contributed by atoms with Crippen molar-refractivity contribution in [3.63, 3.8) is 0 Å². The summed E-state index contributed by atoms with van der Waals surface area (Å²) in [5.41, 5.74) is 0.261. The van der Waals surface area contributed by atoms with E-state index >= 15 is 0 Å². The number of Topliss-reactive ketones (excluding diaryl/α,β-unsaturated/α-hetero) is 3. The van der Waals surface area contributed by atoms with Gasteiger partial charge in [-0.15, -0.1) is 0 Å². The molecule has 0 saturated carbocycles. The predicted octanol–water partition coefficient (Wildman–Crippen LogP) is 1.14. The molecule has 1 aromatic carbocycles. The van der Waals surface area contributed by atoms with Gasteiger partial charge in [-0.05, 0) is 44.2 Å². The first-order chi connectivity index (χ1) is 9.00. The average Bonchev–Trinajstić information content (AvgIpc) is 2.38. The first-order valence-corrected chi connectivity index (χ1v) is 6.08. The summed E-state index contributed by atoms with van der Waals surface area (Å²) in [6.07, 6.45) is 0.418. The lowest BCUT2D eigenvalue weighted by Gasteiger charge is -2.26. The number of piperidine rings is 1. The van der Waals surface area contributed by atoms with E-state index in [0.29, 0.717) is 13.0 Å². The molecule has 0 aliphatic carbocycles. The van der Waals surface area contributed by atoms with Crippen LogP contribution in [0.4, 0.5) is 4.39 Å². The fraction of sp³-hybridized carbons (Fsp3) is 0.357. The minimum atomic E-state index is -1.01. The number of benzene rings is 1. The van der Waals surface area contributed by atoms with Gasteiger partial charge >= 0.3 is 0 Å². The van der Waals surface area contributed by atoms with Crippen molar-refractivity contribution in [1.82, 2.24) is 5.32 Å². The number of rotatable bonds is 3. The van der Waals surface area contributed by atoms with Gasteiger partial charge in [-0.3, -0.25) is 14.4 Å². The van der Waals surface area contributed by atoms with Gasteiger partial charge in [0.25, 0.3) is 0 Å². The van der Waals surface area contributed by atoms with Crippen LogP contribution in [0.25, 0.3) is 0 Å². The van der Waals surface area contributed by atoms with E-state index in [-0.39, 0.29) is 11.3 Å². The molecule has 0 aromatic heterocycles. The van der Waals surface area contributed by atoms with Gasteiger partial charge in [0.2, 0.25) is 0 Å². The Hall–Kier alpha value is -1.88. The number of ketones is 3. The molecule has 1 aliphatic rings. The van der Waals surface area contributed by atoms with E-state index in [1.54, 1.807) is 0 Å². The van der Waals surface area contributed by atoms with E-state index < -0.39 is 29.3 Å². The molecule has 0 bridgehead atoms. The van der Waals surface area contributed by atoms with Crippen molar-refractivity contribution in [2.24, 2.45) is 5.92 Å². The van der Waals surface area contributed by atoms with Crippen molar-refractivity contribution in [3.8, 4) is 0 Å². The van der Waals surface area contributed by atoms with Gasteiger partial charge < -0.3 is 5.32 Å². The lowest BCUT2D eigenvalue weighted by molar-refractivity contribution is -0.133. The highest BCUT2D eigenvalue weighted by Gasteiger charge is 2.37. The molecule has 1 fully saturated rings. The molecule has 1 heterocycles. The van der Waals surface area contributed by atoms with Crippen LogP contribution in [0.3, 0.4) is 0 Å². The Morgan fingerprint density at radius 2 is 1.89 bits per heavy atom. The van der Waals surface area contributed by atoms with Crippen LogP contribution in [0.15, 0.2) is 24.3 Å². The van der Waals surface area contributed by atoms with Crippen molar-refractivity contribution >= 4 is 17.3 Å². The van der Waals surface area contributed by atoms with E-state index in [9.17, 15) is 18.8 Å². The molecule has 1 saturated heterocycles. The summed E-state index contributed by atoms with van der Waals surface area (Å²) in [6, 6.07) is 4.01. The van der Waals surface area contributed by atoms with Gasteiger partial charge in [-0.1, -0.05) is 0 Å². The Bertz CT molecular complexity index is 524. The third-order valence-electron chi connectivity index (χ3n) is 3.29. The summed E-state index contributed by atoms with van der Waals surface area (Å²) >= 11 is 0. The Labute approximate surface area is 110 Å². The second-order valence-corrected chi connectivity index (χ2v) is 4.61. The zero-order valence-corrected chi connectivity index (χ0v) is 10.5. The monoisotopic (exact) mass is 263 g/mol. The number of halogens is 1. The van der Waals surface area contributed by atoms with Crippen molar-refractivity contribution in [2.45, 2.75) is 19.4 Å². The first-order valence-electron chi connectivity index (χ1n) is 6.08. The van der Waals surface area contributed by atoms with E-state index in [1.165, 1.54) is 31.2 Å². The molecular formula is C14H14FNO3. The second kappa shape index (κ2) is 5.40. The molecule has 19 heavy (non-hydrogen) atoms. The molecule has 5 heteroatoms. The van der Waals surface area contributed by atoms with Crippen LogP contribution in [0.5, 0.6) is 0 Å². The number of carbonyl (C=O) groups is 3. The minimum Gasteiger partial charge on any atom is -0.301 e. The maximum atomic E-state index is 12.8. The maximum absolute atomic E-state index is 12.8. The molecule has 2 unspecified atom stereocenters. The molecule has 1 aromatic rings. The molecule has 4 nitrogen and oxygen atoms in total. The first kappa shape index (κ1) is 13.5. The summed E-state index contributed by atoms with van der Waals surface area (Å²) in [6.45, 7) is 1.79. The van der Waals surface area contributed by atoms with E-state index in [1.807, 2.05) is 0 Å². The molecule has 0 amide bonds. The fourth-order valence-electron chi connectivity index (χ4n) is 2.22.